The molecular formula is C13H15Cl2NO. The Kier molecular flexibility index (Phi) is 9.21. The smallest absolute Gasteiger partial charge is 0.151 e. The number of aldehydes is 1. The number of halogens is 2. The number of hydrogen-bond acceptors (Lipinski definition) is 1. The van der Waals surface area contributed by atoms with Crippen molar-refractivity contribution < 1.29 is 4.79 Å². The second kappa shape index (κ2) is 9.94. The summed E-state index contributed by atoms with van der Waals surface area (Å²) in [5.41, 5.74) is 2.30. The van der Waals surface area contributed by atoms with Crippen molar-refractivity contribution in [3.05, 3.63) is 58.4 Å². The van der Waals surface area contributed by atoms with E-state index in [4.69, 9.17) is 23.2 Å². The van der Waals surface area contributed by atoms with Crippen LogP contribution in [-0.2, 0) is 4.79 Å². The molecule has 0 atom stereocenters. The average Bonchev–Trinajstić information content (AvgIpc) is 2.89. The van der Waals surface area contributed by atoms with Crippen molar-refractivity contribution in [2.24, 2.45) is 0 Å². The molecule has 1 rings (SSSR count). The SMILES string of the molecule is C\C=C/C(Cl)=C(C)\C(C=O)=C\Cl.c1cc[nH]c1. The van der Waals surface area contributed by atoms with Gasteiger partial charge in [0.05, 0.1) is 0 Å². The summed E-state index contributed by atoms with van der Waals surface area (Å²) in [6, 6.07) is 3.89. The molecule has 0 aliphatic carbocycles. The minimum atomic E-state index is 0.403. The van der Waals surface area contributed by atoms with Crippen LogP contribution in [0.15, 0.2) is 58.4 Å². The highest BCUT2D eigenvalue weighted by Gasteiger charge is 2.01. The van der Waals surface area contributed by atoms with E-state index in [0.717, 1.165) is 0 Å². The van der Waals surface area contributed by atoms with Crippen molar-refractivity contribution >= 4 is 29.5 Å². The van der Waals surface area contributed by atoms with Crippen molar-refractivity contribution in [2.45, 2.75) is 13.8 Å². The predicted molar refractivity (Wildman–Crippen MR) is 74.2 cm³/mol. The molecule has 0 aliphatic rings. The van der Waals surface area contributed by atoms with Gasteiger partial charge in [0.15, 0.2) is 6.29 Å². The Morgan fingerprint density at radius 3 is 2.18 bits per heavy atom. The molecule has 1 heterocycles. The fourth-order valence-electron chi connectivity index (χ4n) is 0.883. The van der Waals surface area contributed by atoms with Crippen LogP contribution in [0.3, 0.4) is 0 Å². The van der Waals surface area contributed by atoms with Gasteiger partial charge in [-0.25, -0.2) is 0 Å². The van der Waals surface area contributed by atoms with E-state index < -0.39 is 0 Å². The lowest BCUT2D eigenvalue weighted by Gasteiger charge is -1.99. The van der Waals surface area contributed by atoms with Crippen molar-refractivity contribution in [2.75, 3.05) is 0 Å². The molecular weight excluding hydrogens is 257 g/mol. The first-order valence-electron chi connectivity index (χ1n) is 5.00. The maximum absolute atomic E-state index is 10.4. The van der Waals surface area contributed by atoms with Crippen molar-refractivity contribution in [1.29, 1.82) is 0 Å². The number of rotatable bonds is 3. The number of aromatic amines is 1. The lowest BCUT2D eigenvalue weighted by atomic mass is 10.1. The maximum Gasteiger partial charge on any atom is 0.151 e. The molecule has 0 radical (unpaired) electrons. The molecule has 0 saturated carbocycles. The number of nitrogens with one attached hydrogen (secondary N) is 1. The zero-order valence-electron chi connectivity index (χ0n) is 9.78. The molecule has 0 unspecified atom stereocenters. The molecule has 4 heteroatoms. The van der Waals surface area contributed by atoms with E-state index in [2.05, 4.69) is 4.98 Å². The second-order valence-corrected chi connectivity index (χ2v) is 3.67. The van der Waals surface area contributed by atoms with E-state index in [9.17, 15) is 4.79 Å². The minimum absolute atomic E-state index is 0.403. The van der Waals surface area contributed by atoms with Gasteiger partial charge in [0.25, 0.3) is 0 Å². The number of carbonyl (C=O) groups excluding carboxylic acids is 1. The van der Waals surface area contributed by atoms with Crippen molar-refractivity contribution in [3.8, 4) is 0 Å². The molecule has 0 bridgehead atoms. The van der Waals surface area contributed by atoms with Crippen LogP contribution in [0.25, 0.3) is 0 Å². The maximum atomic E-state index is 10.4. The third kappa shape index (κ3) is 6.82. The largest absolute Gasteiger partial charge is 0.368 e. The minimum Gasteiger partial charge on any atom is -0.368 e. The van der Waals surface area contributed by atoms with Gasteiger partial charge in [-0.1, -0.05) is 29.3 Å². The first-order valence-corrected chi connectivity index (χ1v) is 5.81. The molecule has 0 spiro atoms. The number of carbonyl (C=O) groups is 1. The standard InChI is InChI=1S/C9H10Cl2O.C4H5N/c1-3-4-9(11)7(2)8(5-10)6-12;1-2-4-5-3-1/h3-6H,1-2H3;1-5H/b4-3-,8-5+,9-7+;. The molecule has 0 aliphatic heterocycles. The summed E-state index contributed by atoms with van der Waals surface area (Å²) in [6.45, 7) is 3.59. The third-order valence-corrected chi connectivity index (χ3v) is 2.49. The van der Waals surface area contributed by atoms with Crippen LogP contribution in [-0.4, -0.2) is 11.3 Å². The number of allylic oxidation sites excluding steroid dienone is 5. The van der Waals surface area contributed by atoms with Crippen molar-refractivity contribution in [3.63, 3.8) is 0 Å². The molecule has 1 aromatic heterocycles. The third-order valence-electron chi connectivity index (χ3n) is 1.84. The fraction of sp³-hybridized carbons (Fsp3) is 0.154. The van der Waals surface area contributed by atoms with Crippen LogP contribution in [0, 0.1) is 0 Å². The summed E-state index contributed by atoms with van der Waals surface area (Å²) < 4.78 is 0. The van der Waals surface area contributed by atoms with Crippen LogP contribution < -0.4 is 0 Å². The van der Waals surface area contributed by atoms with Gasteiger partial charge in [0, 0.05) is 28.5 Å². The van der Waals surface area contributed by atoms with E-state index in [1.807, 2.05) is 31.5 Å². The summed E-state index contributed by atoms with van der Waals surface area (Å²) in [5.74, 6) is 0. The Hall–Kier alpha value is -1.25. The number of aromatic nitrogens is 1. The summed E-state index contributed by atoms with van der Waals surface area (Å²) in [5, 5.41) is 0.525. The van der Waals surface area contributed by atoms with Gasteiger partial charge in [0.2, 0.25) is 0 Å². The lowest BCUT2D eigenvalue weighted by Crippen LogP contribution is -1.87. The quantitative estimate of drug-likeness (QED) is 0.493. The van der Waals surface area contributed by atoms with E-state index in [0.29, 0.717) is 22.5 Å². The summed E-state index contributed by atoms with van der Waals surface area (Å²) >= 11 is 11.2. The Bertz CT molecular complexity index is 386. The normalized spacial score (nSPS) is 12.8. The molecule has 0 fully saturated rings. The Labute approximate surface area is 112 Å². The first-order chi connectivity index (χ1) is 8.17. The van der Waals surface area contributed by atoms with E-state index in [1.54, 1.807) is 19.1 Å². The van der Waals surface area contributed by atoms with E-state index in [1.165, 1.54) is 5.54 Å². The molecule has 1 N–H and O–H groups in total. The first kappa shape index (κ1) is 15.8. The summed E-state index contributed by atoms with van der Waals surface area (Å²) in [6.07, 6.45) is 7.93. The topological polar surface area (TPSA) is 32.9 Å². The van der Waals surface area contributed by atoms with Crippen LogP contribution >= 0.6 is 23.2 Å². The molecule has 1 aromatic rings. The van der Waals surface area contributed by atoms with Gasteiger partial charge in [-0.2, -0.15) is 0 Å². The fourth-order valence-corrected chi connectivity index (χ4v) is 1.33. The van der Waals surface area contributed by atoms with Gasteiger partial charge in [0.1, 0.15) is 0 Å². The van der Waals surface area contributed by atoms with Crippen LogP contribution in [0.1, 0.15) is 13.8 Å². The molecule has 0 saturated heterocycles. The van der Waals surface area contributed by atoms with Crippen LogP contribution in [0.2, 0.25) is 0 Å². The molecule has 17 heavy (non-hydrogen) atoms. The lowest BCUT2D eigenvalue weighted by molar-refractivity contribution is -0.104. The van der Waals surface area contributed by atoms with Gasteiger partial charge >= 0.3 is 0 Å². The zero-order chi connectivity index (χ0) is 13.1. The van der Waals surface area contributed by atoms with Crippen molar-refractivity contribution in [1.82, 2.24) is 4.98 Å². The molecule has 0 aromatic carbocycles. The average molecular weight is 272 g/mol. The van der Waals surface area contributed by atoms with E-state index >= 15 is 0 Å². The Morgan fingerprint density at radius 1 is 1.29 bits per heavy atom. The summed E-state index contributed by atoms with van der Waals surface area (Å²) in [4.78, 5) is 13.3. The Morgan fingerprint density at radius 2 is 1.88 bits per heavy atom. The Balaban J connectivity index is 0.000000419. The molecule has 0 amide bonds. The molecule has 2 nitrogen and oxygen atoms in total. The molecule has 92 valence electrons. The van der Waals surface area contributed by atoms with Gasteiger partial charge < -0.3 is 4.98 Å². The van der Waals surface area contributed by atoms with Crippen LogP contribution in [0.4, 0.5) is 0 Å². The van der Waals surface area contributed by atoms with E-state index in [-0.39, 0.29) is 0 Å². The van der Waals surface area contributed by atoms with Gasteiger partial charge in [-0.15, -0.1) is 0 Å². The highest BCUT2D eigenvalue weighted by molar-refractivity contribution is 6.32. The second-order valence-electron chi connectivity index (χ2n) is 3.04. The highest BCUT2D eigenvalue weighted by atomic mass is 35.5. The monoisotopic (exact) mass is 271 g/mol. The number of hydrogen-bond donors (Lipinski definition) is 1. The highest BCUT2D eigenvalue weighted by Crippen LogP contribution is 2.17. The zero-order valence-corrected chi connectivity index (χ0v) is 11.3. The van der Waals surface area contributed by atoms with Gasteiger partial charge in [-0.3, -0.25) is 4.79 Å². The van der Waals surface area contributed by atoms with Crippen LogP contribution in [0.5, 0.6) is 0 Å². The summed E-state index contributed by atoms with van der Waals surface area (Å²) in [7, 11) is 0. The number of H-pyrrole nitrogens is 1. The predicted octanol–water partition coefficient (Wildman–Crippen LogP) is 4.41. The van der Waals surface area contributed by atoms with Gasteiger partial charge in [-0.05, 0) is 37.6 Å².